The molecule has 0 bridgehead atoms. The van der Waals surface area contributed by atoms with Crippen LogP contribution in [0.1, 0.15) is 16.3 Å². The van der Waals surface area contributed by atoms with Crippen LogP contribution in [0.2, 0.25) is 0 Å². The van der Waals surface area contributed by atoms with Gasteiger partial charge in [-0.05, 0) is 6.92 Å². The Morgan fingerprint density at radius 2 is 2.33 bits per heavy atom. The van der Waals surface area contributed by atoms with E-state index in [0.29, 0.717) is 0 Å². The molecule has 0 radical (unpaired) electrons. The summed E-state index contributed by atoms with van der Waals surface area (Å²) in [7, 11) is 0. The highest BCUT2D eigenvalue weighted by Crippen LogP contribution is 2.16. The minimum atomic E-state index is -2.14. The quantitative estimate of drug-likeness (QED) is 0.653. The molecule has 66 valence electrons. The lowest BCUT2D eigenvalue weighted by atomic mass is 10.4. The van der Waals surface area contributed by atoms with Crippen molar-refractivity contribution in [2.24, 2.45) is 5.73 Å². The van der Waals surface area contributed by atoms with Crippen molar-refractivity contribution in [2.45, 2.75) is 11.8 Å². The highest BCUT2D eigenvalue weighted by molar-refractivity contribution is 7.79. The van der Waals surface area contributed by atoms with Gasteiger partial charge in [0.1, 0.15) is 10.7 Å². The molecule has 1 aromatic rings. The Morgan fingerprint density at radius 3 is 2.58 bits per heavy atom. The van der Waals surface area contributed by atoms with Crippen LogP contribution in [0.3, 0.4) is 0 Å². The summed E-state index contributed by atoms with van der Waals surface area (Å²) in [5, 5.41) is 0. The van der Waals surface area contributed by atoms with Gasteiger partial charge < -0.3 is 14.7 Å². The first kappa shape index (κ1) is 8.95. The largest absolute Gasteiger partial charge is 0.455 e. The fraction of sp³-hybridized carbons (Fsp3) is 0.167. The Morgan fingerprint density at radius 1 is 1.75 bits per heavy atom. The van der Waals surface area contributed by atoms with Crippen LogP contribution in [0.4, 0.5) is 0 Å². The molecule has 5 nitrogen and oxygen atoms in total. The molecule has 0 aliphatic rings. The number of carbonyl (C=O) groups is 1. The molecular weight excluding hydrogens is 182 g/mol. The number of carbonyl (C=O) groups excluding carboxylic acids is 1. The molecule has 3 N–H and O–H groups in total. The van der Waals surface area contributed by atoms with Gasteiger partial charge in [-0.2, -0.15) is 0 Å². The number of nitrogens with two attached hydrogens (primary N) is 1. The van der Waals surface area contributed by atoms with Gasteiger partial charge in [0.05, 0.1) is 0 Å². The third-order valence-electron chi connectivity index (χ3n) is 1.30. The van der Waals surface area contributed by atoms with E-state index in [1.165, 1.54) is 6.92 Å². The topological polar surface area (TPSA) is 93.5 Å². The fourth-order valence-corrected chi connectivity index (χ4v) is 1.26. The van der Waals surface area contributed by atoms with Crippen molar-refractivity contribution in [3.8, 4) is 0 Å². The minimum absolute atomic E-state index is 0.0730. The van der Waals surface area contributed by atoms with Crippen LogP contribution in [0.5, 0.6) is 0 Å². The second-order valence-corrected chi connectivity index (χ2v) is 3.08. The fourth-order valence-electron chi connectivity index (χ4n) is 0.760. The lowest BCUT2D eigenvalue weighted by Crippen LogP contribution is -2.09. The van der Waals surface area contributed by atoms with Gasteiger partial charge in [-0.25, -0.2) is 4.21 Å². The maximum Gasteiger partial charge on any atom is 0.284 e. The second-order valence-electron chi connectivity index (χ2n) is 2.14. The number of hydrogen-bond acceptors (Lipinski definition) is 3. The predicted molar refractivity (Wildman–Crippen MR) is 41.0 cm³/mol. The summed E-state index contributed by atoms with van der Waals surface area (Å²) < 4.78 is 24.0. The first-order valence-electron chi connectivity index (χ1n) is 3.03. The Hall–Kier alpha value is -1.14. The van der Waals surface area contributed by atoms with E-state index in [1.807, 2.05) is 0 Å². The highest BCUT2D eigenvalue weighted by atomic mass is 32.2. The molecule has 1 unspecified atom stereocenters. The Balaban J connectivity index is 3.17. The molecule has 0 aromatic carbocycles. The summed E-state index contributed by atoms with van der Waals surface area (Å²) >= 11 is -2.14. The average Bonchev–Trinajstić information content (AvgIpc) is 2.30. The third-order valence-corrected chi connectivity index (χ3v) is 2.08. The van der Waals surface area contributed by atoms with Gasteiger partial charge in [-0.1, -0.05) is 0 Å². The van der Waals surface area contributed by atoms with Gasteiger partial charge in [0.25, 0.3) is 5.91 Å². The second kappa shape index (κ2) is 3.08. The summed E-state index contributed by atoms with van der Waals surface area (Å²) in [4.78, 5) is 10.6. The molecule has 6 heteroatoms. The zero-order valence-corrected chi connectivity index (χ0v) is 7.05. The van der Waals surface area contributed by atoms with Crippen molar-refractivity contribution in [3.63, 3.8) is 0 Å². The Bertz CT molecular complexity index is 343. The highest BCUT2D eigenvalue weighted by Gasteiger charge is 2.14. The summed E-state index contributed by atoms with van der Waals surface area (Å²) in [6, 6.07) is 1.16. The summed E-state index contributed by atoms with van der Waals surface area (Å²) in [6.07, 6.45) is 0. The van der Waals surface area contributed by atoms with Crippen LogP contribution < -0.4 is 5.73 Å². The SMILES string of the molecule is Cc1oc(C(N)=O)cc1S(=O)O. The van der Waals surface area contributed by atoms with Crippen molar-refractivity contribution >= 4 is 17.0 Å². The van der Waals surface area contributed by atoms with Crippen LogP contribution in [-0.4, -0.2) is 14.7 Å². The molecule has 0 aliphatic carbocycles. The molecular formula is C6H7NO4S. The molecule has 1 amide bonds. The van der Waals surface area contributed by atoms with Crippen molar-refractivity contribution in [2.75, 3.05) is 0 Å². The monoisotopic (exact) mass is 189 g/mol. The maximum atomic E-state index is 10.6. The molecule has 1 aromatic heterocycles. The molecule has 1 heterocycles. The van der Waals surface area contributed by atoms with Gasteiger partial charge in [0.15, 0.2) is 16.8 Å². The van der Waals surface area contributed by atoms with Crippen molar-refractivity contribution < 1.29 is 18.0 Å². The van der Waals surface area contributed by atoms with Crippen LogP contribution >= 0.6 is 0 Å². The van der Waals surface area contributed by atoms with E-state index >= 15 is 0 Å². The molecule has 0 aliphatic heterocycles. The van der Waals surface area contributed by atoms with Crippen LogP contribution in [0.15, 0.2) is 15.4 Å². The van der Waals surface area contributed by atoms with Crippen molar-refractivity contribution in [1.29, 1.82) is 0 Å². The molecule has 1 rings (SSSR count). The van der Waals surface area contributed by atoms with Crippen LogP contribution in [0, 0.1) is 6.92 Å². The van der Waals surface area contributed by atoms with E-state index in [1.54, 1.807) is 0 Å². The smallest absolute Gasteiger partial charge is 0.284 e. The molecule has 0 saturated heterocycles. The Kier molecular flexibility index (Phi) is 2.30. The van der Waals surface area contributed by atoms with E-state index in [-0.39, 0.29) is 16.4 Å². The lowest BCUT2D eigenvalue weighted by molar-refractivity contribution is 0.0972. The number of hydrogen-bond donors (Lipinski definition) is 2. The van der Waals surface area contributed by atoms with E-state index in [9.17, 15) is 9.00 Å². The summed E-state index contributed by atoms with van der Waals surface area (Å²) in [5.41, 5.74) is 4.88. The Labute approximate surface area is 70.8 Å². The first-order chi connectivity index (χ1) is 5.52. The summed E-state index contributed by atoms with van der Waals surface area (Å²) in [6.45, 7) is 1.48. The van der Waals surface area contributed by atoms with Gasteiger partial charge in [-0.3, -0.25) is 4.79 Å². The third kappa shape index (κ3) is 1.54. The zero-order valence-electron chi connectivity index (χ0n) is 6.23. The molecule has 1 atom stereocenters. The van der Waals surface area contributed by atoms with Crippen molar-refractivity contribution in [3.05, 3.63) is 17.6 Å². The normalized spacial score (nSPS) is 12.8. The molecule has 12 heavy (non-hydrogen) atoms. The van der Waals surface area contributed by atoms with Gasteiger partial charge in [0, 0.05) is 6.07 Å². The number of primary amides is 1. The van der Waals surface area contributed by atoms with E-state index < -0.39 is 17.0 Å². The molecule has 0 fully saturated rings. The minimum Gasteiger partial charge on any atom is -0.455 e. The molecule has 0 saturated carbocycles. The van der Waals surface area contributed by atoms with E-state index in [2.05, 4.69) is 0 Å². The van der Waals surface area contributed by atoms with Gasteiger partial charge >= 0.3 is 0 Å². The number of amides is 1. The van der Waals surface area contributed by atoms with Gasteiger partial charge in [0.2, 0.25) is 0 Å². The zero-order chi connectivity index (χ0) is 9.30. The number of aryl methyl sites for hydroxylation is 1. The van der Waals surface area contributed by atoms with Crippen LogP contribution in [-0.2, 0) is 11.1 Å². The van der Waals surface area contributed by atoms with Crippen molar-refractivity contribution in [1.82, 2.24) is 0 Å². The summed E-state index contributed by atoms with van der Waals surface area (Å²) in [5.74, 6) is -0.635. The van der Waals surface area contributed by atoms with E-state index in [0.717, 1.165) is 6.07 Å². The van der Waals surface area contributed by atoms with E-state index in [4.69, 9.17) is 14.7 Å². The first-order valence-corrected chi connectivity index (χ1v) is 4.14. The lowest BCUT2D eigenvalue weighted by Gasteiger charge is -1.86. The maximum absolute atomic E-state index is 10.6. The number of rotatable bonds is 2. The standard InChI is InChI=1S/C6H7NO4S/c1-3-5(12(9)10)2-4(11-3)6(7)8/h2H,1H3,(H2,7,8)(H,9,10). The number of furan rings is 1. The van der Waals surface area contributed by atoms with Gasteiger partial charge in [-0.15, -0.1) is 0 Å². The predicted octanol–water partition coefficient (Wildman–Crippen LogP) is 0.268. The average molecular weight is 189 g/mol. The molecule has 0 spiro atoms. The van der Waals surface area contributed by atoms with Crippen LogP contribution in [0.25, 0.3) is 0 Å².